The van der Waals surface area contributed by atoms with E-state index in [0.717, 1.165) is 40.0 Å². The Morgan fingerprint density at radius 3 is 2.93 bits per heavy atom. The zero-order chi connectivity index (χ0) is 19.3. The lowest BCUT2D eigenvalue weighted by Crippen LogP contribution is -2.44. The van der Waals surface area contributed by atoms with E-state index in [-0.39, 0.29) is 12.0 Å². The topological polar surface area (TPSA) is 80.1 Å². The number of aromatic amines is 1. The Kier molecular flexibility index (Phi) is 4.05. The Morgan fingerprint density at radius 1 is 1.21 bits per heavy atom. The van der Waals surface area contributed by atoms with Gasteiger partial charge in [0.1, 0.15) is 11.2 Å². The lowest BCUT2D eigenvalue weighted by molar-refractivity contribution is 0.0985. The number of anilines is 1. The molecule has 1 atom stereocenters. The minimum atomic E-state index is 0.204. The molecule has 7 nitrogen and oxygen atoms in total. The fraction of sp³-hybridized carbons (Fsp3) is 0.381. The zero-order valence-corrected chi connectivity index (χ0v) is 16.3. The molecule has 4 heterocycles. The zero-order valence-electron chi connectivity index (χ0n) is 16.3. The molecule has 0 unspecified atom stereocenters. The maximum Gasteiger partial charge on any atom is 0.228 e. The minimum absolute atomic E-state index is 0.204. The van der Waals surface area contributed by atoms with Gasteiger partial charge in [-0.2, -0.15) is 0 Å². The number of aromatic nitrogens is 4. The van der Waals surface area contributed by atoms with Crippen molar-refractivity contribution in [2.75, 3.05) is 24.7 Å². The summed E-state index contributed by atoms with van der Waals surface area (Å²) >= 11 is 0. The second-order valence-electron chi connectivity index (χ2n) is 7.63. The SMILES string of the molecule is CC(C)c1noc2c(N3CCOC[C@H]3C)nc(-c3cccc4[nH]ccc34)nc12. The summed E-state index contributed by atoms with van der Waals surface area (Å²) < 4.78 is 11.4. The molecule has 0 spiro atoms. The van der Waals surface area contributed by atoms with Gasteiger partial charge < -0.3 is 19.1 Å². The largest absolute Gasteiger partial charge is 0.377 e. The highest BCUT2D eigenvalue weighted by atomic mass is 16.5. The van der Waals surface area contributed by atoms with Crippen LogP contribution in [0.1, 0.15) is 32.4 Å². The first-order chi connectivity index (χ1) is 13.6. The molecule has 144 valence electrons. The fourth-order valence-electron chi connectivity index (χ4n) is 3.85. The first-order valence-corrected chi connectivity index (χ1v) is 9.71. The molecular weight excluding hydrogens is 354 g/mol. The van der Waals surface area contributed by atoms with E-state index in [1.54, 1.807) is 0 Å². The summed E-state index contributed by atoms with van der Waals surface area (Å²) in [5, 5.41) is 5.42. The van der Waals surface area contributed by atoms with E-state index in [2.05, 4.69) is 54.0 Å². The lowest BCUT2D eigenvalue weighted by atomic mass is 10.1. The van der Waals surface area contributed by atoms with Gasteiger partial charge in [0, 0.05) is 35.1 Å². The molecule has 1 aliphatic rings. The predicted octanol–water partition coefficient (Wildman–Crippen LogP) is 4.11. The van der Waals surface area contributed by atoms with Crippen LogP contribution in [0, 0.1) is 0 Å². The third-order valence-corrected chi connectivity index (χ3v) is 5.35. The van der Waals surface area contributed by atoms with Gasteiger partial charge in [-0.25, -0.2) is 9.97 Å². The second-order valence-corrected chi connectivity index (χ2v) is 7.63. The number of rotatable bonds is 3. The summed E-state index contributed by atoms with van der Waals surface area (Å²) in [5.41, 5.74) is 4.38. The van der Waals surface area contributed by atoms with E-state index in [0.29, 0.717) is 24.6 Å². The number of morpholine rings is 1. The molecule has 5 rings (SSSR count). The first kappa shape index (κ1) is 17.2. The molecule has 1 aliphatic heterocycles. The van der Waals surface area contributed by atoms with Crippen molar-refractivity contribution >= 4 is 27.8 Å². The second kappa shape index (κ2) is 6.60. The monoisotopic (exact) mass is 377 g/mol. The number of hydrogen-bond acceptors (Lipinski definition) is 6. The standard InChI is InChI=1S/C21H23N5O2/c1-12(2)17-18-19(28-25-17)21(26-9-10-27-11-13(26)3)24-20(23-18)15-5-4-6-16-14(15)7-8-22-16/h4-8,12-13,22H,9-11H2,1-3H3/t13-/m1/s1. The van der Waals surface area contributed by atoms with E-state index < -0.39 is 0 Å². The average Bonchev–Trinajstić information content (AvgIpc) is 3.34. The molecular formula is C21H23N5O2. The number of nitrogens with zero attached hydrogens (tertiary/aromatic N) is 4. The van der Waals surface area contributed by atoms with Crippen LogP contribution in [0.5, 0.6) is 0 Å². The van der Waals surface area contributed by atoms with Crippen molar-refractivity contribution in [3.8, 4) is 11.4 Å². The smallest absolute Gasteiger partial charge is 0.228 e. The number of nitrogens with one attached hydrogen (secondary N) is 1. The summed E-state index contributed by atoms with van der Waals surface area (Å²) in [4.78, 5) is 15.4. The molecule has 0 amide bonds. The Bertz CT molecular complexity index is 1150. The normalized spacial score (nSPS) is 17.9. The van der Waals surface area contributed by atoms with E-state index >= 15 is 0 Å². The summed E-state index contributed by atoms with van der Waals surface area (Å²) in [6, 6.07) is 8.41. The molecule has 0 saturated carbocycles. The van der Waals surface area contributed by atoms with Crippen LogP contribution in [0.3, 0.4) is 0 Å². The van der Waals surface area contributed by atoms with Crippen molar-refractivity contribution in [3.05, 3.63) is 36.2 Å². The molecule has 0 bridgehead atoms. The molecule has 1 aromatic carbocycles. The van der Waals surface area contributed by atoms with Crippen LogP contribution in [0.4, 0.5) is 5.82 Å². The van der Waals surface area contributed by atoms with Crippen molar-refractivity contribution in [1.29, 1.82) is 0 Å². The van der Waals surface area contributed by atoms with Gasteiger partial charge in [0.05, 0.1) is 19.3 Å². The van der Waals surface area contributed by atoms with Crippen molar-refractivity contribution < 1.29 is 9.26 Å². The molecule has 0 radical (unpaired) electrons. The lowest BCUT2D eigenvalue weighted by Gasteiger charge is -2.34. The van der Waals surface area contributed by atoms with Crippen LogP contribution in [-0.4, -0.2) is 45.9 Å². The van der Waals surface area contributed by atoms with Crippen molar-refractivity contribution in [2.24, 2.45) is 0 Å². The van der Waals surface area contributed by atoms with Crippen molar-refractivity contribution in [3.63, 3.8) is 0 Å². The highest BCUT2D eigenvalue weighted by molar-refractivity contribution is 5.95. The van der Waals surface area contributed by atoms with Gasteiger partial charge in [-0.3, -0.25) is 0 Å². The van der Waals surface area contributed by atoms with E-state index in [1.165, 1.54) is 0 Å². The third kappa shape index (κ3) is 2.65. The quantitative estimate of drug-likeness (QED) is 0.579. The Hall–Kier alpha value is -2.93. The van der Waals surface area contributed by atoms with Crippen LogP contribution >= 0.6 is 0 Å². The molecule has 0 aliphatic carbocycles. The summed E-state index contributed by atoms with van der Waals surface area (Å²) in [5.74, 6) is 1.70. The highest BCUT2D eigenvalue weighted by Crippen LogP contribution is 2.35. The number of ether oxygens (including phenoxy) is 1. The van der Waals surface area contributed by atoms with Crippen molar-refractivity contribution in [1.82, 2.24) is 20.1 Å². The maximum atomic E-state index is 5.74. The van der Waals surface area contributed by atoms with E-state index in [1.807, 2.05) is 12.3 Å². The Balaban J connectivity index is 1.78. The number of fused-ring (bicyclic) bond motifs is 2. The van der Waals surface area contributed by atoms with Gasteiger partial charge in [0.15, 0.2) is 11.6 Å². The summed E-state index contributed by atoms with van der Waals surface area (Å²) in [6.45, 7) is 8.44. The minimum Gasteiger partial charge on any atom is -0.377 e. The van der Waals surface area contributed by atoms with E-state index in [9.17, 15) is 0 Å². The molecule has 7 heteroatoms. The van der Waals surface area contributed by atoms with Gasteiger partial charge in [0.2, 0.25) is 5.58 Å². The predicted molar refractivity (Wildman–Crippen MR) is 109 cm³/mol. The van der Waals surface area contributed by atoms with Crippen LogP contribution in [-0.2, 0) is 4.74 Å². The number of hydrogen-bond donors (Lipinski definition) is 1. The van der Waals surface area contributed by atoms with E-state index in [4.69, 9.17) is 19.2 Å². The van der Waals surface area contributed by atoms with Gasteiger partial charge in [-0.1, -0.05) is 31.1 Å². The van der Waals surface area contributed by atoms with Gasteiger partial charge >= 0.3 is 0 Å². The first-order valence-electron chi connectivity index (χ1n) is 9.71. The number of H-pyrrole nitrogens is 1. The van der Waals surface area contributed by atoms with Crippen LogP contribution in [0.25, 0.3) is 33.4 Å². The molecule has 1 N–H and O–H groups in total. The average molecular weight is 377 g/mol. The molecule has 28 heavy (non-hydrogen) atoms. The fourth-order valence-corrected chi connectivity index (χ4v) is 3.85. The van der Waals surface area contributed by atoms with Gasteiger partial charge in [0.25, 0.3) is 0 Å². The molecule has 4 aromatic rings. The molecule has 1 fully saturated rings. The highest BCUT2D eigenvalue weighted by Gasteiger charge is 2.28. The van der Waals surface area contributed by atoms with Crippen LogP contribution in [0.2, 0.25) is 0 Å². The molecule has 1 saturated heterocycles. The number of benzene rings is 1. The van der Waals surface area contributed by atoms with Gasteiger partial charge in [-0.15, -0.1) is 0 Å². The van der Waals surface area contributed by atoms with Gasteiger partial charge in [-0.05, 0) is 19.1 Å². The van der Waals surface area contributed by atoms with Crippen molar-refractivity contribution in [2.45, 2.75) is 32.7 Å². The van der Waals surface area contributed by atoms with Crippen LogP contribution < -0.4 is 4.90 Å². The molecule has 3 aromatic heterocycles. The van der Waals surface area contributed by atoms with Crippen LogP contribution in [0.15, 0.2) is 35.0 Å². The Labute approximate surface area is 162 Å². The summed E-state index contributed by atoms with van der Waals surface area (Å²) in [6.07, 6.45) is 1.94. The summed E-state index contributed by atoms with van der Waals surface area (Å²) in [7, 11) is 0. The third-order valence-electron chi connectivity index (χ3n) is 5.35. The Morgan fingerprint density at radius 2 is 2.11 bits per heavy atom. The maximum absolute atomic E-state index is 5.74.